The second kappa shape index (κ2) is 4.21. The third-order valence-electron chi connectivity index (χ3n) is 3.69. The summed E-state index contributed by atoms with van der Waals surface area (Å²) < 4.78 is 5.74. The standard InChI is InChI=1S/C13H20N2O/c1-9-12(8-11-4-2-3-7-14-11)15-13(16-9)10-5-6-10/h10-11,14H,2-8H2,1H3. The highest BCUT2D eigenvalue weighted by molar-refractivity contribution is 5.14. The van der Waals surface area contributed by atoms with Crippen LogP contribution in [0.3, 0.4) is 0 Å². The fourth-order valence-electron chi connectivity index (χ4n) is 2.48. The van der Waals surface area contributed by atoms with Crippen molar-refractivity contribution in [2.24, 2.45) is 0 Å². The molecule has 2 aliphatic rings. The van der Waals surface area contributed by atoms with Crippen LogP contribution in [0.5, 0.6) is 0 Å². The van der Waals surface area contributed by atoms with E-state index in [9.17, 15) is 0 Å². The van der Waals surface area contributed by atoms with Crippen molar-refractivity contribution in [1.29, 1.82) is 0 Å². The maximum atomic E-state index is 5.74. The highest BCUT2D eigenvalue weighted by Crippen LogP contribution is 2.40. The molecule has 88 valence electrons. The lowest BCUT2D eigenvalue weighted by molar-refractivity contribution is 0.395. The summed E-state index contributed by atoms with van der Waals surface area (Å²) in [6.07, 6.45) is 7.53. The molecule has 16 heavy (non-hydrogen) atoms. The van der Waals surface area contributed by atoms with Crippen molar-refractivity contribution < 1.29 is 4.42 Å². The normalized spacial score (nSPS) is 25.9. The van der Waals surface area contributed by atoms with Crippen LogP contribution in [-0.4, -0.2) is 17.6 Å². The van der Waals surface area contributed by atoms with E-state index in [2.05, 4.69) is 17.2 Å². The summed E-state index contributed by atoms with van der Waals surface area (Å²) in [6, 6.07) is 0.615. The molecule has 3 rings (SSSR count). The van der Waals surface area contributed by atoms with Crippen LogP contribution in [0.4, 0.5) is 0 Å². The minimum absolute atomic E-state index is 0.615. The van der Waals surface area contributed by atoms with Gasteiger partial charge in [0.1, 0.15) is 5.76 Å². The molecule has 1 aromatic heterocycles. The SMILES string of the molecule is Cc1oc(C2CC2)nc1CC1CCCCN1. The van der Waals surface area contributed by atoms with E-state index in [1.807, 2.05) is 0 Å². The Morgan fingerprint density at radius 3 is 2.88 bits per heavy atom. The van der Waals surface area contributed by atoms with Gasteiger partial charge in [-0.05, 0) is 39.2 Å². The second-order valence-corrected chi connectivity index (χ2v) is 5.18. The van der Waals surface area contributed by atoms with Gasteiger partial charge in [-0.15, -0.1) is 0 Å². The van der Waals surface area contributed by atoms with Gasteiger partial charge < -0.3 is 9.73 Å². The van der Waals surface area contributed by atoms with E-state index in [1.54, 1.807) is 0 Å². The van der Waals surface area contributed by atoms with Crippen LogP contribution in [0.15, 0.2) is 4.42 Å². The highest BCUT2D eigenvalue weighted by atomic mass is 16.4. The van der Waals surface area contributed by atoms with Gasteiger partial charge in [-0.3, -0.25) is 0 Å². The third kappa shape index (κ3) is 2.14. The summed E-state index contributed by atoms with van der Waals surface area (Å²) in [5.41, 5.74) is 1.18. The lowest BCUT2D eigenvalue weighted by Crippen LogP contribution is -2.35. The van der Waals surface area contributed by atoms with Gasteiger partial charge in [0.05, 0.1) is 5.69 Å². The number of oxazole rings is 1. The number of aryl methyl sites for hydroxylation is 1. The van der Waals surface area contributed by atoms with E-state index in [0.717, 1.165) is 24.6 Å². The molecule has 1 unspecified atom stereocenters. The van der Waals surface area contributed by atoms with Crippen LogP contribution in [0.2, 0.25) is 0 Å². The largest absolute Gasteiger partial charge is 0.445 e. The molecule has 1 aromatic rings. The fourth-order valence-corrected chi connectivity index (χ4v) is 2.48. The topological polar surface area (TPSA) is 38.1 Å². The van der Waals surface area contributed by atoms with Crippen molar-refractivity contribution >= 4 is 0 Å². The predicted molar refractivity (Wildman–Crippen MR) is 62.6 cm³/mol. The van der Waals surface area contributed by atoms with E-state index in [0.29, 0.717) is 12.0 Å². The lowest BCUT2D eigenvalue weighted by atomic mass is 10.0. The molecule has 1 N–H and O–H groups in total. The van der Waals surface area contributed by atoms with Crippen molar-refractivity contribution in [3.63, 3.8) is 0 Å². The van der Waals surface area contributed by atoms with Crippen LogP contribution < -0.4 is 5.32 Å². The molecule has 0 aromatic carbocycles. The summed E-state index contributed by atoms with van der Waals surface area (Å²) in [6.45, 7) is 3.22. The van der Waals surface area contributed by atoms with Crippen LogP contribution in [0.25, 0.3) is 0 Å². The van der Waals surface area contributed by atoms with Gasteiger partial charge in [0.15, 0.2) is 5.89 Å². The number of hydrogen-bond donors (Lipinski definition) is 1. The Hall–Kier alpha value is -0.830. The first-order valence-electron chi connectivity index (χ1n) is 6.52. The Bertz CT molecular complexity index is 362. The molecule has 2 heterocycles. The molecule has 1 saturated carbocycles. The van der Waals surface area contributed by atoms with Gasteiger partial charge in [-0.25, -0.2) is 4.98 Å². The molecule has 1 saturated heterocycles. The zero-order chi connectivity index (χ0) is 11.0. The smallest absolute Gasteiger partial charge is 0.197 e. The molecular formula is C13H20N2O. The molecule has 0 spiro atoms. The summed E-state index contributed by atoms with van der Waals surface area (Å²) in [5.74, 6) is 2.66. The van der Waals surface area contributed by atoms with Gasteiger partial charge in [0.2, 0.25) is 0 Å². The maximum absolute atomic E-state index is 5.74. The first-order valence-corrected chi connectivity index (χ1v) is 6.52. The Balaban J connectivity index is 1.68. The van der Waals surface area contributed by atoms with Crippen LogP contribution in [0.1, 0.15) is 55.4 Å². The summed E-state index contributed by atoms with van der Waals surface area (Å²) in [5, 5.41) is 3.57. The van der Waals surface area contributed by atoms with Crippen molar-refractivity contribution in [3.05, 3.63) is 17.3 Å². The molecule has 1 aliphatic carbocycles. The number of piperidine rings is 1. The van der Waals surface area contributed by atoms with Gasteiger partial charge in [0, 0.05) is 18.4 Å². The average molecular weight is 220 g/mol. The molecule has 0 bridgehead atoms. The second-order valence-electron chi connectivity index (χ2n) is 5.18. The quantitative estimate of drug-likeness (QED) is 0.850. The van der Waals surface area contributed by atoms with Crippen molar-refractivity contribution in [2.45, 2.75) is 57.4 Å². The Morgan fingerprint density at radius 1 is 1.31 bits per heavy atom. The fraction of sp³-hybridized carbons (Fsp3) is 0.769. The third-order valence-corrected chi connectivity index (χ3v) is 3.69. The van der Waals surface area contributed by atoms with E-state index >= 15 is 0 Å². The summed E-state index contributed by atoms with van der Waals surface area (Å²) in [7, 11) is 0. The molecule has 1 aliphatic heterocycles. The molecule has 2 fully saturated rings. The van der Waals surface area contributed by atoms with E-state index < -0.39 is 0 Å². The molecular weight excluding hydrogens is 200 g/mol. The summed E-state index contributed by atoms with van der Waals surface area (Å²) in [4.78, 5) is 4.66. The van der Waals surface area contributed by atoms with Gasteiger partial charge in [0.25, 0.3) is 0 Å². The highest BCUT2D eigenvalue weighted by Gasteiger charge is 2.30. The first-order chi connectivity index (χ1) is 7.83. The molecule has 3 nitrogen and oxygen atoms in total. The maximum Gasteiger partial charge on any atom is 0.197 e. The predicted octanol–water partition coefficient (Wildman–Crippen LogP) is 2.55. The number of nitrogens with one attached hydrogen (secondary N) is 1. The van der Waals surface area contributed by atoms with Gasteiger partial charge >= 0.3 is 0 Å². The molecule has 0 radical (unpaired) electrons. The van der Waals surface area contributed by atoms with E-state index in [1.165, 1.54) is 37.8 Å². The Morgan fingerprint density at radius 2 is 2.19 bits per heavy atom. The van der Waals surface area contributed by atoms with Crippen LogP contribution in [-0.2, 0) is 6.42 Å². The van der Waals surface area contributed by atoms with Gasteiger partial charge in [-0.1, -0.05) is 6.42 Å². The Labute approximate surface area is 96.6 Å². The zero-order valence-corrected chi connectivity index (χ0v) is 9.96. The molecule has 0 amide bonds. The summed E-state index contributed by atoms with van der Waals surface area (Å²) >= 11 is 0. The minimum Gasteiger partial charge on any atom is -0.445 e. The molecule has 3 heteroatoms. The Kier molecular flexibility index (Phi) is 2.72. The van der Waals surface area contributed by atoms with Crippen molar-refractivity contribution in [1.82, 2.24) is 10.3 Å². The lowest BCUT2D eigenvalue weighted by Gasteiger charge is -2.22. The zero-order valence-electron chi connectivity index (χ0n) is 9.96. The van der Waals surface area contributed by atoms with Crippen molar-refractivity contribution in [3.8, 4) is 0 Å². The number of hydrogen-bond acceptors (Lipinski definition) is 3. The van der Waals surface area contributed by atoms with E-state index in [4.69, 9.17) is 4.42 Å². The minimum atomic E-state index is 0.615. The number of nitrogens with zero attached hydrogens (tertiary/aromatic N) is 1. The van der Waals surface area contributed by atoms with Crippen LogP contribution in [0, 0.1) is 6.92 Å². The van der Waals surface area contributed by atoms with E-state index in [-0.39, 0.29) is 0 Å². The molecule has 1 atom stereocenters. The average Bonchev–Trinajstić information content (AvgIpc) is 3.07. The number of rotatable bonds is 3. The van der Waals surface area contributed by atoms with Gasteiger partial charge in [-0.2, -0.15) is 0 Å². The first kappa shape index (κ1) is 10.3. The monoisotopic (exact) mass is 220 g/mol. The van der Waals surface area contributed by atoms with Crippen molar-refractivity contribution in [2.75, 3.05) is 6.54 Å². The number of aromatic nitrogens is 1. The van der Waals surface area contributed by atoms with Crippen LogP contribution >= 0.6 is 0 Å².